The Morgan fingerprint density at radius 2 is 0.443 bits per heavy atom. The van der Waals surface area contributed by atoms with Crippen LogP contribution in [-0.4, -0.2) is 19.9 Å². The molecule has 0 N–H and O–H groups in total. The highest BCUT2D eigenvalue weighted by atomic mass is 15.2. The van der Waals surface area contributed by atoms with Crippen molar-refractivity contribution in [2.75, 3.05) is 19.6 Å². The van der Waals surface area contributed by atoms with Crippen molar-refractivity contribution >= 4 is 68.4 Å². The normalized spacial score (nSPS) is 14.9. The number of nitrogens with zero attached hydrogens (tertiary/aromatic N) is 8. The average Bonchev–Trinajstić information content (AvgIpc) is 1.57. The maximum atomic E-state index is 4.94. The van der Waals surface area contributed by atoms with Crippen molar-refractivity contribution in [1.82, 2.24) is 19.9 Å². The van der Waals surface area contributed by atoms with Crippen LogP contribution >= 0.6 is 0 Å². The SMILES string of the molecule is c1ccc2c(c1)Cc1cc3c(cc1-2)N1c2cccnc2Cc2c4c(cc(c21)C3)-c1ccccc1C4.c1ccc2c(c1)Cc1cc3c(cc1-2)N1c2ccncc2Cc2c4c(cc(c21)C3)-c1ccccc1C4.c1ccc2c(c1)Cc1cc3c(cc1-2)N1c2cnccc2Cc2c4c(cc(c21)C3)-c1ccccc1C4.c1ccc2c(c1)Cc1cc3c(cc1-2)N1c2ncccc2Cc2c4c(cc(c21)C3)-c1ccccc1C4. The maximum Gasteiger partial charge on any atom is 0.141 e. The van der Waals surface area contributed by atoms with Gasteiger partial charge in [0.1, 0.15) is 5.82 Å². The summed E-state index contributed by atoms with van der Waals surface area (Å²) in [7, 11) is 0. The lowest BCUT2D eigenvalue weighted by atomic mass is 9.82. The first kappa shape index (κ1) is 76.5. The highest BCUT2D eigenvalue weighted by Gasteiger charge is 2.45. The number of aromatic nitrogens is 4. The average molecular weight is 1790 g/mol. The highest BCUT2D eigenvalue weighted by molar-refractivity contribution is 6.02. The molecule has 8 aliphatic heterocycles. The van der Waals surface area contributed by atoms with Gasteiger partial charge in [0, 0.05) is 82.4 Å². The van der Waals surface area contributed by atoms with Crippen molar-refractivity contribution in [3.63, 3.8) is 0 Å². The second-order valence-electron chi connectivity index (χ2n) is 41.5. The molecule has 0 saturated carbocycles. The van der Waals surface area contributed by atoms with E-state index in [1.165, 1.54) is 330 Å². The number of rotatable bonds is 0. The largest absolute Gasteiger partial charge is 0.309 e. The van der Waals surface area contributed by atoms with Gasteiger partial charge in [0.05, 0.1) is 74.5 Å². The molecular formula is C132H88N8. The molecule has 140 heavy (non-hydrogen) atoms. The topological polar surface area (TPSA) is 64.5 Å². The Labute approximate surface area is 812 Å². The zero-order valence-electron chi connectivity index (χ0n) is 77.2. The minimum absolute atomic E-state index is 0.912. The number of pyridine rings is 4. The van der Waals surface area contributed by atoms with Crippen molar-refractivity contribution in [3.05, 3.63) is 519 Å². The molecule has 16 aliphatic rings. The molecule has 0 spiro atoms. The molecule has 20 aromatic rings. The first-order valence-corrected chi connectivity index (χ1v) is 50.3. The minimum Gasteiger partial charge on any atom is -0.309 e. The Kier molecular flexibility index (Phi) is 15.6. The van der Waals surface area contributed by atoms with Crippen LogP contribution in [0.1, 0.15) is 178 Å². The number of hydrogen-bond acceptors (Lipinski definition) is 8. The zero-order valence-corrected chi connectivity index (χ0v) is 77.2. The van der Waals surface area contributed by atoms with E-state index in [4.69, 9.17) is 9.97 Å². The monoisotopic (exact) mass is 1780 g/mol. The van der Waals surface area contributed by atoms with Crippen molar-refractivity contribution < 1.29 is 0 Å². The maximum absolute atomic E-state index is 4.94. The van der Waals surface area contributed by atoms with Gasteiger partial charge >= 0.3 is 0 Å². The summed E-state index contributed by atoms with van der Waals surface area (Å²) in [5, 5.41) is 0. The number of anilines is 12. The second kappa shape index (κ2) is 28.5. The third-order valence-electron chi connectivity index (χ3n) is 34.3. The lowest BCUT2D eigenvalue weighted by Crippen LogP contribution is -2.26. The van der Waals surface area contributed by atoms with Gasteiger partial charge in [-0.3, -0.25) is 19.9 Å². The first-order valence-electron chi connectivity index (χ1n) is 50.3. The highest BCUT2D eigenvalue weighted by Crippen LogP contribution is 2.63. The minimum atomic E-state index is 0.912. The van der Waals surface area contributed by atoms with E-state index in [0.29, 0.717) is 0 Å². The Morgan fingerprint density at radius 1 is 0.150 bits per heavy atom. The fourth-order valence-electron chi connectivity index (χ4n) is 28.4. The molecule has 16 aromatic carbocycles. The van der Waals surface area contributed by atoms with E-state index in [9.17, 15) is 0 Å². The summed E-state index contributed by atoms with van der Waals surface area (Å²) in [6.45, 7) is 0. The van der Waals surface area contributed by atoms with Gasteiger partial charge in [0.2, 0.25) is 0 Å². The number of fused-ring (bicyclic) bond motifs is 44. The molecule has 656 valence electrons. The van der Waals surface area contributed by atoms with E-state index in [-0.39, 0.29) is 0 Å². The van der Waals surface area contributed by atoms with Crippen LogP contribution in [0.5, 0.6) is 0 Å². The molecule has 0 bridgehead atoms. The summed E-state index contributed by atoms with van der Waals surface area (Å²) in [6, 6.07) is 114. The lowest BCUT2D eigenvalue weighted by molar-refractivity contribution is 0.955. The van der Waals surface area contributed by atoms with Crippen molar-refractivity contribution in [2.45, 2.75) is 103 Å². The molecule has 0 fully saturated rings. The summed E-state index contributed by atoms with van der Waals surface area (Å²) in [6.07, 6.45) is 28.0. The molecule has 12 heterocycles. The lowest BCUT2D eigenvalue weighted by Gasteiger charge is -2.40. The van der Waals surface area contributed by atoms with Gasteiger partial charge < -0.3 is 14.7 Å². The molecule has 0 amide bonds. The van der Waals surface area contributed by atoms with Crippen LogP contribution in [-0.2, 0) is 103 Å². The predicted molar refractivity (Wildman–Crippen MR) is 564 cm³/mol. The summed E-state index contributed by atoms with van der Waals surface area (Å²) in [4.78, 5) is 29.1. The van der Waals surface area contributed by atoms with Gasteiger partial charge in [-0.1, -0.05) is 224 Å². The number of hydrogen-bond donors (Lipinski definition) is 0. The van der Waals surface area contributed by atoms with E-state index in [1.807, 2.05) is 24.8 Å². The summed E-state index contributed by atoms with van der Waals surface area (Å²) in [5.41, 5.74) is 83.5. The van der Waals surface area contributed by atoms with Crippen LogP contribution in [0.25, 0.3) is 89.0 Å². The quantitative estimate of drug-likeness (QED) is 0.149. The molecule has 8 nitrogen and oxygen atoms in total. The molecule has 36 rings (SSSR count). The van der Waals surface area contributed by atoms with Crippen molar-refractivity contribution in [2.24, 2.45) is 0 Å². The van der Waals surface area contributed by atoms with Crippen LogP contribution in [0.2, 0.25) is 0 Å². The van der Waals surface area contributed by atoms with E-state index in [1.54, 1.807) is 0 Å². The smallest absolute Gasteiger partial charge is 0.141 e. The Hall–Kier alpha value is -16.7. The molecule has 0 radical (unpaired) electrons. The third kappa shape index (κ3) is 10.8. The standard InChI is InChI=1S/4C33H22N2/c1-3-9-25-19(6-1)12-22-13-23-14-24-17-28-26-10-4-2-7-20(26)15-29(28)30-16-21-8-5-11-34-33(21)35(32(24)30)31(23)18-27(22)25;1-3-8-24-19(6-1)12-21-13-22-14-23-16-27-25-9-4-2-7-20(25)15-28(27)29-17-30-31(10-5-11-34-30)35(33(23)29)32(22)18-26(21)24;1-3-7-25-19(5-1)11-21-12-22-13-23-15-28-26-8-4-2-6-20(26)14-29(28)30-16-24-18-34-10-9-31(24)35(33(23)30)32(22)17-27(21)25;1-3-7-25-19(5-1)11-22-12-23-13-24-16-28-26-8-4-2-6-20(26)14-29(28)30-15-21-9-10-34-18-32(21)35(33(24)30)31(23)17-27(22)25/h1-11,13,17-18H,12,14-16H2;1-11,13,16,18H,12,14-15,17H2;1-10,12,15,17-18H,11,13-14,16H2;1-10,12,16-18H,11,13-15H2. The van der Waals surface area contributed by atoms with Crippen LogP contribution in [0, 0.1) is 0 Å². The van der Waals surface area contributed by atoms with E-state index in [2.05, 4.69) is 345 Å². The van der Waals surface area contributed by atoms with Gasteiger partial charge in [-0.05, 0) is 392 Å². The van der Waals surface area contributed by atoms with Crippen molar-refractivity contribution in [3.8, 4) is 89.0 Å². The van der Waals surface area contributed by atoms with Gasteiger partial charge in [-0.15, -0.1) is 0 Å². The van der Waals surface area contributed by atoms with Crippen LogP contribution < -0.4 is 19.6 Å². The third-order valence-corrected chi connectivity index (χ3v) is 34.3. The zero-order chi connectivity index (χ0) is 90.7. The van der Waals surface area contributed by atoms with Gasteiger partial charge in [0.25, 0.3) is 0 Å². The number of benzene rings is 16. The molecule has 0 unspecified atom stereocenters. The molecular weight excluding hydrogens is 1700 g/mol. The fourth-order valence-corrected chi connectivity index (χ4v) is 28.4. The van der Waals surface area contributed by atoms with E-state index < -0.39 is 0 Å². The molecule has 8 heteroatoms. The molecule has 0 atom stereocenters. The summed E-state index contributed by atoms with van der Waals surface area (Å²) in [5.74, 6) is 1.10. The Bertz CT molecular complexity index is 8090. The predicted octanol–water partition coefficient (Wildman–Crippen LogP) is 30.0. The van der Waals surface area contributed by atoms with Gasteiger partial charge in [0.15, 0.2) is 0 Å². The van der Waals surface area contributed by atoms with Crippen LogP contribution in [0.15, 0.2) is 340 Å². The Balaban J connectivity index is 0.0000000829. The summed E-state index contributed by atoms with van der Waals surface area (Å²) >= 11 is 0. The first-order chi connectivity index (χ1) is 69.3. The fraction of sp³-hybridized carbons (Fsp3) is 0.121. The van der Waals surface area contributed by atoms with Gasteiger partial charge in [-0.2, -0.15) is 0 Å². The van der Waals surface area contributed by atoms with E-state index >= 15 is 0 Å². The van der Waals surface area contributed by atoms with Gasteiger partial charge in [-0.25, -0.2) is 4.98 Å². The summed E-state index contributed by atoms with van der Waals surface area (Å²) < 4.78 is 0. The van der Waals surface area contributed by atoms with Crippen LogP contribution in [0.4, 0.5) is 68.4 Å². The van der Waals surface area contributed by atoms with Crippen molar-refractivity contribution in [1.29, 1.82) is 0 Å². The molecule has 8 aliphatic carbocycles. The Morgan fingerprint density at radius 3 is 0.857 bits per heavy atom. The second-order valence-corrected chi connectivity index (χ2v) is 41.5. The van der Waals surface area contributed by atoms with E-state index in [0.717, 1.165) is 109 Å². The molecule has 0 saturated heterocycles. The van der Waals surface area contributed by atoms with Crippen LogP contribution in [0.3, 0.4) is 0 Å². The molecule has 4 aromatic heterocycles.